The van der Waals surface area contributed by atoms with Crippen molar-refractivity contribution in [1.82, 2.24) is 4.57 Å². The van der Waals surface area contributed by atoms with Crippen LogP contribution in [0.1, 0.15) is 43.1 Å². The van der Waals surface area contributed by atoms with Crippen LogP contribution in [-0.2, 0) is 23.0 Å². The molecule has 1 aromatic heterocycles. The molecule has 3 N–H and O–H groups in total. The van der Waals surface area contributed by atoms with Crippen molar-refractivity contribution in [1.29, 1.82) is 0 Å². The first-order chi connectivity index (χ1) is 12.0. The average Bonchev–Trinajstić information content (AvgIpc) is 2.53. The molecule has 26 heavy (non-hydrogen) atoms. The lowest BCUT2D eigenvalue weighted by molar-refractivity contribution is -0.156. The first kappa shape index (κ1) is 19.7. The molecular formula is C19H24N2O5. The summed E-state index contributed by atoms with van der Waals surface area (Å²) in [6.07, 6.45) is 2.14. The molecule has 0 fully saturated rings. The van der Waals surface area contributed by atoms with Crippen LogP contribution in [0.3, 0.4) is 0 Å². The van der Waals surface area contributed by atoms with Gasteiger partial charge in [0.2, 0.25) is 5.43 Å². The number of nitrogens with zero attached hydrogens (tertiary/aromatic N) is 1. The number of hydrogen-bond donors (Lipinski definition) is 2. The summed E-state index contributed by atoms with van der Waals surface area (Å²) < 4.78 is 6.86. The smallest absolute Gasteiger partial charge is 0.341 e. The number of carboxylic acid groups (broad SMARTS) is 1. The van der Waals surface area contributed by atoms with Crippen molar-refractivity contribution in [2.24, 2.45) is 12.8 Å². The van der Waals surface area contributed by atoms with Crippen LogP contribution in [0, 0.1) is 0 Å². The van der Waals surface area contributed by atoms with Gasteiger partial charge in [0.05, 0.1) is 5.52 Å². The summed E-state index contributed by atoms with van der Waals surface area (Å²) in [5.41, 5.74) is 5.93. The maximum absolute atomic E-state index is 12.4. The van der Waals surface area contributed by atoms with E-state index >= 15 is 0 Å². The Hall–Kier alpha value is -2.67. The minimum atomic E-state index is -1.26. The summed E-state index contributed by atoms with van der Waals surface area (Å²) >= 11 is 0. The van der Waals surface area contributed by atoms with Crippen molar-refractivity contribution >= 4 is 22.8 Å². The van der Waals surface area contributed by atoms with Gasteiger partial charge in [-0.15, -0.1) is 0 Å². The highest BCUT2D eigenvalue weighted by molar-refractivity contribution is 5.92. The van der Waals surface area contributed by atoms with Crippen LogP contribution >= 0.6 is 0 Å². The van der Waals surface area contributed by atoms with Crippen molar-refractivity contribution in [3.63, 3.8) is 0 Å². The molecule has 1 unspecified atom stereocenters. The zero-order valence-corrected chi connectivity index (χ0v) is 15.4. The van der Waals surface area contributed by atoms with Crippen LogP contribution in [0.15, 0.2) is 29.2 Å². The topological polar surface area (TPSA) is 112 Å². The molecule has 0 aliphatic carbocycles. The Labute approximate surface area is 151 Å². The van der Waals surface area contributed by atoms with E-state index in [1.54, 1.807) is 44.5 Å². The Balaban J connectivity index is 2.24. The largest absolute Gasteiger partial charge is 0.477 e. The van der Waals surface area contributed by atoms with Gasteiger partial charge in [0.25, 0.3) is 0 Å². The fourth-order valence-electron chi connectivity index (χ4n) is 2.66. The molecular weight excluding hydrogens is 336 g/mol. The van der Waals surface area contributed by atoms with Gasteiger partial charge in [0.1, 0.15) is 17.2 Å². The van der Waals surface area contributed by atoms with Gasteiger partial charge in [0.15, 0.2) is 0 Å². The second kappa shape index (κ2) is 7.29. The van der Waals surface area contributed by atoms with E-state index < -0.39 is 29.0 Å². The van der Waals surface area contributed by atoms with Crippen molar-refractivity contribution in [2.75, 3.05) is 0 Å². The lowest BCUT2D eigenvalue weighted by atomic mass is 10.0. The summed E-state index contributed by atoms with van der Waals surface area (Å²) in [4.78, 5) is 35.6. The minimum Gasteiger partial charge on any atom is -0.477 e. The monoisotopic (exact) mass is 360 g/mol. The highest BCUT2D eigenvalue weighted by Crippen LogP contribution is 2.16. The fourth-order valence-corrected chi connectivity index (χ4v) is 2.66. The quantitative estimate of drug-likeness (QED) is 0.787. The Kier molecular flexibility index (Phi) is 5.51. The summed E-state index contributed by atoms with van der Waals surface area (Å²) in [5.74, 6) is -1.73. The molecule has 140 valence electrons. The number of aromatic carboxylic acids is 1. The van der Waals surface area contributed by atoms with Gasteiger partial charge in [-0.25, -0.2) is 4.79 Å². The molecule has 1 heterocycles. The van der Waals surface area contributed by atoms with E-state index in [1.165, 1.54) is 6.20 Å². The average molecular weight is 360 g/mol. The first-order valence-corrected chi connectivity index (χ1v) is 8.33. The zero-order chi connectivity index (χ0) is 19.6. The van der Waals surface area contributed by atoms with E-state index in [1.807, 2.05) is 6.07 Å². The van der Waals surface area contributed by atoms with E-state index in [2.05, 4.69) is 0 Å². The number of aromatic nitrogens is 1. The first-order valence-electron chi connectivity index (χ1n) is 8.33. The third-order valence-corrected chi connectivity index (χ3v) is 3.94. The molecule has 0 radical (unpaired) electrons. The second-order valence-corrected chi connectivity index (χ2v) is 7.32. The summed E-state index contributed by atoms with van der Waals surface area (Å²) in [7, 11) is 1.69. The van der Waals surface area contributed by atoms with E-state index in [0.717, 1.165) is 5.56 Å². The van der Waals surface area contributed by atoms with E-state index in [4.69, 9.17) is 15.6 Å². The Bertz CT molecular complexity index is 909. The van der Waals surface area contributed by atoms with Gasteiger partial charge in [-0.3, -0.25) is 9.59 Å². The number of hydrogen-bond acceptors (Lipinski definition) is 5. The van der Waals surface area contributed by atoms with Gasteiger partial charge in [0, 0.05) is 18.6 Å². The van der Waals surface area contributed by atoms with Gasteiger partial charge in [-0.05, 0) is 51.3 Å². The van der Waals surface area contributed by atoms with Crippen LogP contribution in [0.2, 0.25) is 0 Å². The van der Waals surface area contributed by atoms with Crippen molar-refractivity contribution in [2.45, 2.75) is 45.3 Å². The molecule has 0 spiro atoms. The molecule has 0 amide bonds. The van der Waals surface area contributed by atoms with Crippen LogP contribution in [0.5, 0.6) is 0 Å². The molecule has 1 aromatic carbocycles. The zero-order valence-electron chi connectivity index (χ0n) is 15.4. The normalized spacial score (nSPS) is 12.8. The number of carboxylic acids is 1. The highest BCUT2D eigenvalue weighted by Gasteiger charge is 2.22. The predicted molar refractivity (Wildman–Crippen MR) is 98.3 cm³/mol. The van der Waals surface area contributed by atoms with Crippen molar-refractivity contribution in [3.8, 4) is 0 Å². The van der Waals surface area contributed by atoms with E-state index in [0.29, 0.717) is 23.7 Å². The fraction of sp³-hybridized carbons (Fsp3) is 0.421. The third-order valence-electron chi connectivity index (χ3n) is 3.94. The van der Waals surface area contributed by atoms with E-state index in [-0.39, 0.29) is 5.56 Å². The number of carbonyl (C=O) groups excluding carboxylic acids is 1. The third kappa shape index (κ3) is 4.49. The van der Waals surface area contributed by atoms with Crippen LogP contribution in [-0.4, -0.2) is 33.3 Å². The molecule has 0 bridgehead atoms. The summed E-state index contributed by atoms with van der Waals surface area (Å²) in [6, 6.07) is 4.49. The molecule has 7 heteroatoms. The SMILES string of the molecule is Cn1cc(C(=O)O)c(=O)c2cc(CCC(N)C(=O)OC(C)(C)C)ccc21. The number of nitrogens with two attached hydrogens (primary N) is 1. The molecule has 0 saturated heterocycles. The van der Waals surface area contributed by atoms with Crippen LogP contribution < -0.4 is 11.2 Å². The Morgan fingerprint density at radius 1 is 1.31 bits per heavy atom. The highest BCUT2D eigenvalue weighted by atomic mass is 16.6. The van der Waals surface area contributed by atoms with Crippen LogP contribution in [0.25, 0.3) is 10.9 Å². The van der Waals surface area contributed by atoms with Crippen molar-refractivity contribution < 1.29 is 19.4 Å². The van der Waals surface area contributed by atoms with Gasteiger partial charge < -0.3 is 20.1 Å². The lowest BCUT2D eigenvalue weighted by Gasteiger charge is -2.22. The number of esters is 1. The standard InChI is InChI=1S/C19H24N2O5/c1-19(2,3)26-18(25)14(20)7-5-11-6-8-15-12(9-11)16(22)13(17(23)24)10-21(15)4/h6,8-10,14H,5,7,20H2,1-4H3,(H,23,24). The number of aryl methyl sites for hydroxylation is 2. The number of rotatable bonds is 5. The second-order valence-electron chi connectivity index (χ2n) is 7.32. The number of benzene rings is 1. The van der Waals surface area contributed by atoms with Gasteiger partial charge in [-0.1, -0.05) is 6.07 Å². The van der Waals surface area contributed by atoms with Crippen molar-refractivity contribution in [3.05, 3.63) is 45.7 Å². The number of ether oxygens (including phenoxy) is 1. The molecule has 7 nitrogen and oxygen atoms in total. The molecule has 0 saturated carbocycles. The molecule has 0 aliphatic heterocycles. The van der Waals surface area contributed by atoms with Gasteiger partial charge >= 0.3 is 11.9 Å². The predicted octanol–water partition coefficient (Wildman–Crippen LogP) is 1.84. The van der Waals surface area contributed by atoms with E-state index in [9.17, 15) is 14.4 Å². The lowest BCUT2D eigenvalue weighted by Crippen LogP contribution is -2.37. The van der Waals surface area contributed by atoms with Crippen LogP contribution in [0.4, 0.5) is 0 Å². The van der Waals surface area contributed by atoms with Gasteiger partial charge in [-0.2, -0.15) is 0 Å². The maximum Gasteiger partial charge on any atom is 0.341 e. The molecule has 0 aliphatic rings. The summed E-state index contributed by atoms with van der Waals surface area (Å²) in [6.45, 7) is 5.32. The molecule has 2 aromatic rings. The number of pyridine rings is 1. The maximum atomic E-state index is 12.4. The molecule has 1 atom stereocenters. The Morgan fingerprint density at radius 3 is 2.54 bits per heavy atom. The number of fused-ring (bicyclic) bond motifs is 1. The molecule has 2 rings (SSSR count). The Morgan fingerprint density at radius 2 is 1.96 bits per heavy atom. The number of carbonyl (C=O) groups is 2. The minimum absolute atomic E-state index is 0.275. The summed E-state index contributed by atoms with van der Waals surface area (Å²) in [5, 5.41) is 9.50.